The van der Waals surface area contributed by atoms with Crippen LogP contribution in [0, 0.1) is 0 Å². The number of rotatable bonds is 5. The number of oxime groups is 1. The van der Waals surface area contributed by atoms with E-state index in [-0.39, 0.29) is 6.10 Å². The van der Waals surface area contributed by atoms with Crippen LogP contribution in [0.4, 0.5) is 0 Å². The van der Waals surface area contributed by atoms with E-state index in [1.165, 1.54) is 16.7 Å². The van der Waals surface area contributed by atoms with E-state index < -0.39 is 0 Å². The van der Waals surface area contributed by atoms with E-state index >= 15 is 0 Å². The molecule has 120 valence electrons. The highest BCUT2D eigenvalue weighted by Gasteiger charge is 2.20. The van der Waals surface area contributed by atoms with Gasteiger partial charge in [-0.25, -0.2) is 0 Å². The minimum Gasteiger partial charge on any atom is -0.390 e. The van der Waals surface area contributed by atoms with Crippen molar-refractivity contribution in [2.75, 3.05) is 20.6 Å². The molecule has 3 rings (SSSR count). The minimum absolute atomic E-state index is 0.0129. The van der Waals surface area contributed by atoms with Gasteiger partial charge >= 0.3 is 0 Å². The van der Waals surface area contributed by atoms with Crippen LogP contribution in [0.2, 0.25) is 0 Å². The first-order valence-corrected chi connectivity index (χ1v) is 7.93. The maximum absolute atomic E-state index is 5.64. The maximum atomic E-state index is 5.64. The molecule has 0 saturated heterocycles. The van der Waals surface area contributed by atoms with Gasteiger partial charge in [-0.05, 0) is 36.9 Å². The van der Waals surface area contributed by atoms with Gasteiger partial charge in [0.25, 0.3) is 0 Å². The van der Waals surface area contributed by atoms with Crippen LogP contribution in [0.1, 0.15) is 17.5 Å². The van der Waals surface area contributed by atoms with Gasteiger partial charge in [0.15, 0.2) is 0 Å². The van der Waals surface area contributed by atoms with Crippen LogP contribution in [0.15, 0.2) is 53.7 Å². The molecule has 2 aromatic carbocycles. The van der Waals surface area contributed by atoms with Crippen molar-refractivity contribution in [3.05, 3.63) is 59.7 Å². The molecule has 1 aliphatic rings. The quantitative estimate of drug-likeness (QED) is 0.924. The molecular formula is C19H23N3O. The first kappa shape index (κ1) is 15.7. The summed E-state index contributed by atoms with van der Waals surface area (Å²) in [5, 5.41) is 4.17. The van der Waals surface area contributed by atoms with Crippen LogP contribution < -0.4 is 5.73 Å². The molecule has 0 aromatic heterocycles. The molecule has 1 unspecified atom stereocenters. The van der Waals surface area contributed by atoms with Crippen LogP contribution in [0.3, 0.4) is 0 Å². The van der Waals surface area contributed by atoms with Crippen molar-refractivity contribution in [2.45, 2.75) is 19.1 Å². The second-order valence-corrected chi connectivity index (χ2v) is 6.22. The fourth-order valence-corrected chi connectivity index (χ4v) is 2.77. The van der Waals surface area contributed by atoms with Crippen molar-refractivity contribution >= 4 is 5.71 Å². The summed E-state index contributed by atoms with van der Waals surface area (Å²) in [5.41, 5.74) is 11.4. The van der Waals surface area contributed by atoms with Crippen LogP contribution in [-0.4, -0.2) is 37.4 Å². The number of benzene rings is 2. The Morgan fingerprint density at radius 3 is 2.48 bits per heavy atom. The predicted octanol–water partition coefficient (Wildman–Crippen LogP) is 2.87. The molecule has 0 amide bonds. The van der Waals surface area contributed by atoms with Gasteiger partial charge < -0.3 is 15.5 Å². The summed E-state index contributed by atoms with van der Waals surface area (Å²) >= 11 is 0. The SMILES string of the molecule is CN(C)Cc1ccc(-c2cccc(C3=NOC(CN)C3)c2)cc1. The van der Waals surface area contributed by atoms with E-state index in [4.69, 9.17) is 10.6 Å². The number of nitrogens with zero attached hydrogens (tertiary/aromatic N) is 2. The van der Waals surface area contributed by atoms with Crippen molar-refractivity contribution in [3.8, 4) is 11.1 Å². The fraction of sp³-hybridized carbons (Fsp3) is 0.316. The van der Waals surface area contributed by atoms with Gasteiger partial charge in [0, 0.05) is 25.1 Å². The van der Waals surface area contributed by atoms with E-state index in [0.29, 0.717) is 6.54 Å². The minimum atomic E-state index is 0.0129. The lowest BCUT2D eigenvalue weighted by Crippen LogP contribution is -2.20. The standard InChI is InChI=1S/C19H23N3O/c1-22(2)13-14-6-8-15(9-7-14)16-4-3-5-17(10-16)19-11-18(12-20)23-21-19/h3-10,18H,11-13,20H2,1-2H3. The molecule has 0 aliphatic carbocycles. The molecule has 4 heteroatoms. The lowest BCUT2D eigenvalue weighted by atomic mass is 9.98. The zero-order chi connectivity index (χ0) is 16.2. The monoisotopic (exact) mass is 309 g/mol. The number of hydrogen-bond acceptors (Lipinski definition) is 4. The van der Waals surface area contributed by atoms with Gasteiger partial charge in [-0.3, -0.25) is 0 Å². The Balaban J connectivity index is 1.80. The molecule has 1 atom stereocenters. The van der Waals surface area contributed by atoms with Gasteiger partial charge in [0.05, 0.1) is 5.71 Å². The van der Waals surface area contributed by atoms with Crippen molar-refractivity contribution in [1.82, 2.24) is 4.90 Å². The van der Waals surface area contributed by atoms with Gasteiger partial charge in [0.1, 0.15) is 6.10 Å². The first-order chi connectivity index (χ1) is 11.2. The molecule has 0 bridgehead atoms. The largest absolute Gasteiger partial charge is 0.390 e. The molecule has 0 fully saturated rings. The molecule has 23 heavy (non-hydrogen) atoms. The molecular weight excluding hydrogens is 286 g/mol. The van der Waals surface area contributed by atoms with Crippen molar-refractivity contribution in [2.24, 2.45) is 10.9 Å². The van der Waals surface area contributed by atoms with Gasteiger partial charge in [-0.15, -0.1) is 0 Å². The maximum Gasteiger partial charge on any atom is 0.145 e. The highest BCUT2D eigenvalue weighted by atomic mass is 16.6. The Bertz CT molecular complexity index is 692. The third-order valence-electron chi connectivity index (χ3n) is 3.98. The topological polar surface area (TPSA) is 50.8 Å². The molecule has 2 aromatic rings. The number of hydrogen-bond donors (Lipinski definition) is 1. The highest BCUT2D eigenvalue weighted by Crippen LogP contribution is 2.24. The zero-order valence-corrected chi connectivity index (χ0v) is 13.7. The third-order valence-corrected chi connectivity index (χ3v) is 3.98. The summed E-state index contributed by atoms with van der Waals surface area (Å²) in [7, 11) is 4.16. The Labute approximate surface area is 137 Å². The molecule has 1 heterocycles. The van der Waals surface area contributed by atoms with Gasteiger partial charge in [0.2, 0.25) is 0 Å². The second-order valence-electron chi connectivity index (χ2n) is 6.22. The van der Waals surface area contributed by atoms with Crippen molar-refractivity contribution in [3.63, 3.8) is 0 Å². The first-order valence-electron chi connectivity index (χ1n) is 7.93. The summed E-state index contributed by atoms with van der Waals surface area (Å²) in [4.78, 5) is 7.49. The van der Waals surface area contributed by atoms with E-state index in [0.717, 1.165) is 24.2 Å². The van der Waals surface area contributed by atoms with Gasteiger partial charge in [-0.2, -0.15) is 0 Å². The Morgan fingerprint density at radius 1 is 1.09 bits per heavy atom. The fourth-order valence-electron chi connectivity index (χ4n) is 2.77. The number of nitrogens with two attached hydrogens (primary N) is 1. The van der Waals surface area contributed by atoms with E-state index in [2.05, 4.69) is 72.7 Å². The predicted molar refractivity (Wildman–Crippen MR) is 94.4 cm³/mol. The Morgan fingerprint density at radius 2 is 1.83 bits per heavy atom. The van der Waals surface area contributed by atoms with E-state index in [1.807, 2.05) is 0 Å². The van der Waals surface area contributed by atoms with Gasteiger partial charge in [-0.1, -0.05) is 47.6 Å². The van der Waals surface area contributed by atoms with E-state index in [9.17, 15) is 0 Å². The summed E-state index contributed by atoms with van der Waals surface area (Å²) in [5.74, 6) is 0. The smallest absolute Gasteiger partial charge is 0.145 e. The molecule has 0 saturated carbocycles. The summed E-state index contributed by atoms with van der Waals surface area (Å²) in [6.07, 6.45) is 0.792. The van der Waals surface area contributed by atoms with Crippen LogP contribution in [-0.2, 0) is 11.4 Å². The lowest BCUT2D eigenvalue weighted by Gasteiger charge is -2.10. The average Bonchev–Trinajstić information content (AvgIpc) is 3.04. The Kier molecular flexibility index (Phi) is 4.74. The second kappa shape index (κ2) is 6.94. The third kappa shape index (κ3) is 3.78. The summed E-state index contributed by atoms with van der Waals surface area (Å²) < 4.78 is 0. The molecule has 4 nitrogen and oxygen atoms in total. The Hall–Kier alpha value is -2.17. The average molecular weight is 309 g/mol. The highest BCUT2D eigenvalue weighted by molar-refractivity contribution is 6.02. The molecule has 0 spiro atoms. The van der Waals surface area contributed by atoms with Crippen molar-refractivity contribution in [1.29, 1.82) is 0 Å². The zero-order valence-electron chi connectivity index (χ0n) is 13.7. The molecule has 0 radical (unpaired) electrons. The normalized spacial score (nSPS) is 17.2. The lowest BCUT2D eigenvalue weighted by molar-refractivity contribution is 0.0918. The summed E-state index contributed by atoms with van der Waals surface area (Å²) in [6.45, 7) is 1.45. The molecule has 1 aliphatic heterocycles. The summed E-state index contributed by atoms with van der Waals surface area (Å²) in [6, 6.07) is 17.2. The van der Waals surface area contributed by atoms with Crippen molar-refractivity contribution < 1.29 is 4.84 Å². The van der Waals surface area contributed by atoms with Crippen LogP contribution >= 0.6 is 0 Å². The van der Waals surface area contributed by atoms with Crippen LogP contribution in [0.25, 0.3) is 11.1 Å². The van der Waals surface area contributed by atoms with Crippen LogP contribution in [0.5, 0.6) is 0 Å². The van der Waals surface area contributed by atoms with E-state index in [1.54, 1.807) is 0 Å². The molecule has 2 N–H and O–H groups in total.